The molecule has 1 aliphatic heterocycles. The van der Waals surface area contributed by atoms with Gasteiger partial charge in [0.25, 0.3) is 0 Å². The van der Waals surface area contributed by atoms with E-state index in [4.69, 9.17) is 16.6 Å². The highest BCUT2D eigenvalue weighted by Crippen LogP contribution is 2.41. The largest absolute Gasteiger partial charge is 0.481 e. The zero-order chi connectivity index (χ0) is 28.5. The number of halogens is 1. The fraction of sp³-hybridized carbons (Fsp3) is 0.452. The summed E-state index contributed by atoms with van der Waals surface area (Å²) in [5.41, 5.74) is 3.29. The zero-order valence-electron chi connectivity index (χ0n) is 22.8. The summed E-state index contributed by atoms with van der Waals surface area (Å²) >= 11 is 7.83. The summed E-state index contributed by atoms with van der Waals surface area (Å²) in [6.45, 7) is 0.684. The van der Waals surface area contributed by atoms with Crippen LogP contribution in [0.5, 0.6) is 0 Å². The predicted octanol–water partition coefficient (Wildman–Crippen LogP) is 6.82. The van der Waals surface area contributed by atoms with Crippen LogP contribution in [0.15, 0.2) is 41.9 Å². The van der Waals surface area contributed by atoms with Crippen molar-refractivity contribution < 1.29 is 19.5 Å². The van der Waals surface area contributed by atoms with Gasteiger partial charge in [0.2, 0.25) is 11.8 Å². The Hall–Kier alpha value is -3.30. The van der Waals surface area contributed by atoms with Crippen molar-refractivity contribution in [2.75, 3.05) is 16.3 Å². The number of carboxylic acids is 1. The summed E-state index contributed by atoms with van der Waals surface area (Å²) in [5, 5.41) is 12.7. The average molecular weight is 593 g/mol. The van der Waals surface area contributed by atoms with Crippen LogP contribution in [0.2, 0.25) is 5.02 Å². The molecule has 2 aliphatic carbocycles. The van der Waals surface area contributed by atoms with E-state index in [0.717, 1.165) is 61.6 Å². The molecule has 2 saturated carbocycles. The second-order valence-electron chi connectivity index (χ2n) is 11.4. The normalized spacial score (nSPS) is 18.2. The zero-order valence-corrected chi connectivity index (χ0v) is 24.4. The second kappa shape index (κ2) is 11.9. The van der Waals surface area contributed by atoms with Crippen molar-refractivity contribution in [2.45, 2.75) is 70.3 Å². The molecule has 2 aromatic heterocycles. The van der Waals surface area contributed by atoms with E-state index in [1.165, 1.54) is 11.3 Å². The molecule has 3 heterocycles. The van der Waals surface area contributed by atoms with Gasteiger partial charge in [-0.05, 0) is 61.4 Å². The van der Waals surface area contributed by atoms with Gasteiger partial charge in [0.1, 0.15) is 5.82 Å². The molecule has 3 fully saturated rings. The number of thiazole rings is 1. The summed E-state index contributed by atoms with van der Waals surface area (Å²) < 4.78 is 0. The number of pyridine rings is 1. The van der Waals surface area contributed by atoms with Crippen LogP contribution < -0.4 is 9.80 Å². The van der Waals surface area contributed by atoms with Crippen LogP contribution in [0, 0.1) is 11.8 Å². The molecule has 8 nitrogen and oxygen atoms in total. The fourth-order valence-corrected chi connectivity index (χ4v) is 7.24. The van der Waals surface area contributed by atoms with E-state index in [0.29, 0.717) is 47.0 Å². The summed E-state index contributed by atoms with van der Waals surface area (Å²) in [5.74, 6) is -0.448. The number of hydrogen-bond acceptors (Lipinski definition) is 6. The monoisotopic (exact) mass is 592 g/mol. The van der Waals surface area contributed by atoms with Gasteiger partial charge in [0.15, 0.2) is 5.13 Å². The van der Waals surface area contributed by atoms with Crippen LogP contribution in [0.1, 0.15) is 64.2 Å². The molecule has 6 rings (SSSR count). The Labute approximate surface area is 248 Å². The first-order chi connectivity index (χ1) is 19.9. The number of benzene rings is 1. The topological polar surface area (TPSA) is 104 Å². The molecule has 1 atom stereocenters. The number of anilines is 2. The number of rotatable bonds is 10. The summed E-state index contributed by atoms with van der Waals surface area (Å²) in [7, 11) is 0. The summed E-state index contributed by atoms with van der Waals surface area (Å²) in [4.78, 5) is 50.7. The molecule has 3 aromatic rings. The maximum absolute atomic E-state index is 13.9. The van der Waals surface area contributed by atoms with Gasteiger partial charge in [0.05, 0.1) is 12.1 Å². The van der Waals surface area contributed by atoms with Crippen molar-refractivity contribution in [2.24, 2.45) is 11.8 Å². The Balaban J connectivity index is 1.28. The summed E-state index contributed by atoms with van der Waals surface area (Å²) in [6.07, 6.45) is 9.84. The Morgan fingerprint density at radius 1 is 1.10 bits per heavy atom. The van der Waals surface area contributed by atoms with Crippen LogP contribution in [-0.2, 0) is 14.4 Å². The minimum atomic E-state index is -0.936. The van der Waals surface area contributed by atoms with Gasteiger partial charge >= 0.3 is 5.97 Å². The number of nitrogens with zero attached hydrogens (tertiary/aromatic N) is 4. The van der Waals surface area contributed by atoms with Crippen molar-refractivity contribution in [3.8, 4) is 22.4 Å². The average Bonchev–Trinajstić information content (AvgIpc) is 3.30. The molecule has 1 saturated heterocycles. The molecule has 2 amide bonds. The van der Waals surface area contributed by atoms with Crippen molar-refractivity contribution >= 4 is 51.7 Å². The third kappa shape index (κ3) is 6.16. The number of carbonyl (C=O) groups excluding carboxylic acids is 2. The van der Waals surface area contributed by atoms with Crippen molar-refractivity contribution in [1.82, 2.24) is 9.97 Å². The highest BCUT2D eigenvalue weighted by molar-refractivity contribution is 7.14. The number of hydrogen-bond donors (Lipinski definition) is 1. The van der Waals surface area contributed by atoms with Gasteiger partial charge in [-0.2, -0.15) is 0 Å². The lowest BCUT2D eigenvalue weighted by molar-refractivity contribution is -0.141. The second-order valence-corrected chi connectivity index (χ2v) is 12.7. The van der Waals surface area contributed by atoms with E-state index in [1.807, 2.05) is 35.7 Å². The Morgan fingerprint density at radius 3 is 2.56 bits per heavy atom. The highest BCUT2D eigenvalue weighted by Gasteiger charge is 2.40. The molecule has 41 heavy (non-hydrogen) atoms. The van der Waals surface area contributed by atoms with Crippen LogP contribution >= 0.6 is 22.9 Å². The lowest BCUT2D eigenvalue weighted by atomic mass is 9.90. The smallest absolute Gasteiger partial charge is 0.304 e. The first-order valence-corrected chi connectivity index (χ1v) is 15.7. The maximum Gasteiger partial charge on any atom is 0.304 e. The molecule has 0 bridgehead atoms. The molecule has 3 aliphatic rings. The van der Waals surface area contributed by atoms with E-state index in [1.54, 1.807) is 16.0 Å². The van der Waals surface area contributed by atoms with Gasteiger partial charge < -0.3 is 5.11 Å². The van der Waals surface area contributed by atoms with Gasteiger partial charge in [-0.1, -0.05) is 43.4 Å². The molecule has 0 spiro atoms. The van der Waals surface area contributed by atoms with Gasteiger partial charge in [-0.3, -0.25) is 24.2 Å². The molecular formula is C31H33ClN4O4S. The van der Waals surface area contributed by atoms with Crippen LogP contribution in [-0.4, -0.2) is 45.4 Å². The van der Waals surface area contributed by atoms with Crippen LogP contribution in [0.4, 0.5) is 10.9 Å². The summed E-state index contributed by atoms with van der Waals surface area (Å²) in [6, 6.07) is 9.50. The Morgan fingerprint density at radius 2 is 1.90 bits per heavy atom. The minimum absolute atomic E-state index is 0.0604. The number of aromatic nitrogens is 2. The number of carbonyl (C=O) groups is 3. The lowest BCUT2D eigenvalue weighted by Crippen LogP contribution is -2.39. The van der Waals surface area contributed by atoms with E-state index in [2.05, 4.69) is 4.98 Å². The maximum atomic E-state index is 13.9. The predicted molar refractivity (Wildman–Crippen MR) is 160 cm³/mol. The molecule has 1 N–H and O–H groups in total. The van der Waals surface area contributed by atoms with E-state index < -0.39 is 11.9 Å². The molecule has 1 aromatic carbocycles. The fourth-order valence-electron chi connectivity index (χ4n) is 6.16. The van der Waals surface area contributed by atoms with Crippen molar-refractivity contribution in [3.05, 3.63) is 46.9 Å². The van der Waals surface area contributed by atoms with Gasteiger partial charge in [-0.25, -0.2) is 9.97 Å². The van der Waals surface area contributed by atoms with E-state index in [9.17, 15) is 19.5 Å². The molecule has 0 radical (unpaired) electrons. The number of amides is 2. The molecule has 214 valence electrons. The van der Waals surface area contributed by atoms with Crippen molar-refractivity contribution in [1.29, 1.82) is 0 Å². The SMILES string of the molecule is O=C(O)CC(CC1CCCC1)C(=O)N(c1nc(-c2cc(Cl)ccc2-c2ccc(N3CCCC3=O)nc2)cs1)C1CC1. The van der Waals surface area contributed by atoms with Crippen molar-refractivity contribution in [3.63, 3.8) is 0 Å². The first kappa shape index (κ1) is 27.8. The van der Waals surface area contributed by atoms with E-state index in [-0.39, 0.29) is 24.3 Å². The molecule has 10 heteroatoms. The van der Waals surface area contributed by atoms with Gasteiger partial charge in [-0.15, -0.1) is 11.3 Å². The Bertz CT molecular complexity index is 1450. The van der Waals surface area contributed by atoms with Crippen LogP contribution in [0.25, 0.3) is 22.4 Å². The Kier molecular flexibility index (Phi) is 8.08. The number of carboxylic acid groups (broad SMARTS) is 1. The van der Waals surface area contributed by atoms with E-state index >= 15 is 0 Å². The minimum Gasteiger partial charge on any atom is -0.481 e. The van der Waals surface area contributed by atoms with Crippen LogP contribution in [0.3, 0.4) is 0 Å². The first-order valence-electron chi connectivity index (χ1n) is 14.4. The highest BCUT2D eigenvalue weighted by atomic mass is 35.5. The molecule has 1 unspecified atom stereocenters. The lowest BCUT2D eigenvalue weighted by Gasteiger charge is -2.26. The quantitative estimate of drug-likeness (QED) is 0.277. The van der Waals surface area contributed by atoms with Gasteiger partial charge in [0, 0.05) is 52.7 Å². The third-order valence-corrected chi connectivity index (χ3v) is 9.45. The standard InChI is InChI=1S/C31H33ClN4O4S/c32-22-8-11-24(20-7-12-27(33-17-20)35-13-3-6-28(35)37)25(16-22)26-18-41-31(34-26)36(23-9-10-23)30(40)21(15-29(38)39)14-19-4-1-2-5-19/h7-8,11-12,16-19,21,23H,1-6,9-10,13-15H2,(H,38,39). The molecular weight excluding hydrogens is 560 g/mol. The third-order valence-electron chi connectivity index (χ3n) is 8.38. The number of aliphatic carboxylic acids is 1.